The molecular formula is C4H8N2O4. The van der Waals surface area contributed by atoms with E-state index in [1.807, 2.05) is 0 Å². The fourth-order valence-electron chi connectivity index (χ4n) is 0.565. The molecule has 1 rings (SSSR count). The Balaban J connectivity index is 0.000000371. The number of carbonyl (C=O) groups is 2. The van der Waals surface area contributed by atoms with Crippen molar-refractivity contribution in [1.82, 2.24) is 5.06 Å². The minimum atomic E-state index is -0.505. The van der Waals surface area contributed by atoms with E-state index in [1.54, 1.807) is 0 Å². The van der Waals surface area contributed by atoms with Gasteiger partial charge in [0.25, 0.3) is 11.8 Å². The van der Waals surface area contributed by atoms with E-state index in [2.05, 4.69) is 5.90 Å². The zero-order valence-electron chi connectivity index (χ0n) is 5.15. The Bertz CT molecular complexity index is 130. The number of carbonyl (C=O) groups excluding carboxylic acids is 2. The van der Waals surface area contributed by atoms with Gasteiger partial charge >= 0.3 is 0 Å². The summed E-state index contributed by atoms with van der Waals surface area (Å²) < 4.78 is 0. The Morgan fingerprint density at radius 2 is 1.50 bits per heavy atom. The highest BCUT2D eigenvalue weighted by molar-refractivity contribution is 6.00. The smallest absolute Gasteiger partial charge is 0.253 e. The predicted octanol–water partition coefficient (Wildman–Crippen LogP) is -1.14. The van der Waals surface area contributed by atoms with E-state index < -0.39 is 11.8 Å². The van der Waals surface area contributed by atoms with E-state index >= 15 is 0 Å². The van der Waals surface area contributed by atoms with Crippen molar-refractivity contribution in [3.05, 3.63) is 0 Å². The third-order valence-corrected chi connectivity index (χ3v) is 1.03. The molecular weight excluding hydrogens is 140 g/mol. The van der Waals surface area contributed by atoms with Crippen LogP contribution in [0.2, 0.25) is 0 Å². The summed E-state index contributed by atoms with van der Waals surface area (Å²) in [5.74, 6) is 2.49. The molecule has 0 aromatic heterocycles. The lowest BCUT2D eigenvalue weighted by molar-refractivity contribution is -0.171. The molecule has 0 aliphatic carbocycles. The van der Waals surface area contributed by atoms with Crippen LogP contribution in [0.3, 0.4) is 0 Å². The van der Waals surface area contributed by atoms with Crippen molar-refractivity contribution in [2.24, 2.45) is 5.90 Å². The molecule has 2 amide bonds. The molecule has 0 aromatic rings. The number of hydroxylamine groups is 2. The minimum absolute atomic E-state index is 0.148. The Kier molecular flexibility index (Phi) is 3.55. The molecule has 0 radical (unpaired) electrons. The van der Waals surface area contributed by atoms with E-state index in [4.69, 9.17) is 10.4 Å². The number of rotatable bonds is 0. The van der Waals surface area contributed by atoms with Gasteiger partial charge in [0.05, 0.1) is 0 Å². The Morgan fingerprint density at radius 1 is 1.20 bits per heavy atom. The van der Waals surface area contributed by atoms with E-state index in [-0.39, 0.29) is 17.9 Å². The normalized spacial score (nSPS) is 16.9. The number of nitrogens with two attached hydrogens (primary N) is 1. The molecule has 1 saturated heterocycles. The molecule has 4 N–H and O–H groups in total. The molecule has 0 bridgehead atoms. The second-order valence-corrected chi connectivity index (χ2v) is 1.60. The maximum atomic E-state index is 10.2. The van der Waals surface area contributed by atoms with Gasteiger partial charge in [-0.2, -0.15) is 5.06 Å². The van der Waals surface area contributed by atoms with Crippen LogP contribution in [0.1, 0.15) is 12.8 Å². The van der Waals surface area contributed by atoms with Crippen molar-refractivity contribution in [3.8, 4) is 0 Å². The average molecular weight is 148 g/mol. The lowest BCUT2D eigenvalue weighted by Gasteiger charge is -1.98. The molecule has 1 aliphatic heterocycles. The summed E-state index contributed by atoms with van der Waals surface area (Å²) in [5.41, 5.74) is 0. The topological polar surface area (TPSA) is 104 Å². The van der Waals surface area contributed by atoms with Gasteiger partial charge in [0, 0.05) is 12.8 Å². The van der Waals surface area contributed by atoms with Gasteiger partial charge in [-0.3, -0.25) is 14.8 Å². The highest BCUT2D eigenvalue weighted by Crippen LogP contribution is 2.06. The van der Waals surface area contributed by atoms with Gasteiger partial charge in [-0.1, -0.05) is 0 Å². The second-order valence-electron chi connectivity index (χ2n) is 1.60. The first kappa shape index (κ1) is 9.02. The quantitative estimate of drug-likeness (QED) is 0.229. The van der Waals surface area contributed by atoms with Crippen LogP contribution in [0.4, 0.5) is 0 Å². The molecule has 1 heterocycles. The van der Waals surface area contributed by atoms with Gasteiger partial charge in [0.1, 0.15) is 0 Å². The molecule has 0 spiro atoms. The third kappa shape index (κ3) is 1.76. The SMILES string of the molecule is NO.O=C1CCC(=O)N1O. The molecule has 6 nitrogen and oxygen atoms in total. The first-order valence-electron chi connectivity index (χ1n) is 2.52. The second kappa shape index (κ2) is 3.94. The van der Waals surface area contributed by atoms with Crippen LogP contribution in [0, 0.1) is 0 Å². The number of imide groups is 1. The molecule has 1 fully saturated rings. The maximum absolute atomic E-state index is 10.2. The van der Waals surface area contributed by atoms with Gasteiger partial charge in [0.15, 0.2) is 0 Å². The van der Waals surface area contributed by atoms with Gasteiger partial charge in [0.2, 0.25) is 0 Å². The van der Waals surface area contributed by atoms with Crippen LogP contribution < -0.4 is 5.90 Å². The lowest BCUT2D eigenvalue weighted by atomic mass is 10.4. The number of hydrogen-bond donors (Lipinski definition) is 3. The van der Waals surface area contributed by atoms with Crippen LogP contribution in [0.25, 0.3) is 0 Å². The van der Waals surface area contributed by atoms with Gasteiger partial charge in [-0.25, -0.2) is 5.90 Å². The van der Waals surface area contributed by atoms with Crippen LogP contribution in [-0.2, 0) is 9.59 Å². The molecule has 6 heteroatoms. The summed E-state index contributed by atoms with van der Waals surface area (Å²) in [6.07, 6.45) is 0.296. The fraction of sp³-hybridized carbons (Fsp3) is 0.500. The number of amides is 2. The molecule has 58 valence electrons. The van der Waals surface area contributed by atoms with Crippen LogP contribution in [-0.4, -0.2) is 27.3 Å². The standard InChI is InChI=1S/C4H5NO3.H3NO/c6-3-1-2-4(7)5(3)8;1-2/h8H,1-2H2;2H,1H2. The summed E-state index contributed by atoms with van der Waals surface area (Å²) in [6, 6.07) is 0. The minimum Gasteiger partial charge on any atom is -0.320 e. The predicted molar refractivity (Wildman–Crippen MR) is 28.8 cm³/mol. The zero-order valence-corrected chi connectivity index (χ0v) is 5.15. The van der Waals surface area contributed by atoms with Crippen molar-refractivity contribution in [2.75, 3.05) is 0 Å². The zero-order chi connectivity index (χ0) is 8.15. The first-order chi connectivity index (χ1) is 4.72. The summed E-state index contributed by atoms with van der Waals surface area (Å²) in [6.45, 7) is 0. The van der Waals surface area contributed by atoms with Crippen molar-refractivity contribution >= 4 is 11.8 Å². The molecule has 0 saturated carbocycles. The van der Waals surface area contributed by atoms with Gasteiger partial charge in [-0.15, -0.1) is 0 Å². The highest BCUT2D eigenvalue weighted by Gasteiger charge is 2.26. The molecule has 10 heavy (non-hydrogen) atoms. The van der Waals surface area contributed by atoms with Crippen LogP contribution in [0.5, 0.6) is 0 Å². The summed E-state index contributed by atoms with van der Waals surface area (Å²) in [5, 5.41) is 15.1. The summed E-state index contributed by atoms with van der Waals surface area (Å²) >= 11 is 0. The van der Waals surface area contributed by atoms with Crippen LogP contribution in [0.15, 0.2) is 0 Å². The van der Waals surface area contributed by atoms with Crippen LogP contribution >= 0.6 is 0 Å². The number of hydrogen-bond acceptors (Lipinski definition) is 5. The summed E-state index contributed by atoms with van der Waals surface area (Å²) in [7, 11) is 0. The monoisotopic (exact) mass is 148 g/mol. The van der Waals surface area contributed by atoms with E-state index in [9.17, 15) is 9.59 Å². The maximum Gasteiger partial charge on any atom is 0.253 e. The molecule has 0 atom stereocenters. The van der Waals surface area contributed by atoms with E-state index in [1.165, 1.54) is 0 Å². The van der Waals surface area contributed by atoms with Gasteiger partial charge < -0.3 is 5.21 Å². The van der Waals surface area contributed by atoms with Crippen molar-refractivity contribution in [2.45, 2.75) is 12.8 Å². The Morgan fingerprint density at radius 3 is 1.60 bits per heavy atom. The number of nitrogens with zero attached hydrogens (tertiary/aromatic N) is 1. The van der Waals surface area contributed by atoms with Crippen molar-refractivity contribution in [3.63, 3.8) is 0 Å². The molecule has 0 aromatic carbocycles. The molecule has 1 aliphatic rings. The van der Waals surface area contributed by atoms with Crippen molar-refractivity contribution in [1.29, 1.82) is 0 Å². The highest BCUT2D eigenvalue weighted by atomic mass is 16.5. The average Bonchev–Trinajstić information content (AvgIpc) is 2.25. The van der Waals surface area contributed by atoms with E-state index in [0.717, 1.165) is 0 Å². The summed E-state index contributed by atoms with van der Waals surface area (Å²) in [4.78, 5) is 20.5. The van der Waals surface area contributed by atoms with Crippen molar-refractivity contribution < 1.29 is 20.0 Å². The van der Waals surface area contributed by atoms with E-state index in [0.29, 0.717) is 0 Å². The largest absolute Gasteiger partial charge is 0.320 e. The van der Waals surface area contributed by atoms with Gasteiger partial charge in [-0.05, 0) is 0 Å². The lowest BCUT2D eigenvalue weighted by Crippen LogP contribution is -2.24. The first-order valence-corrected chi connectivity index (χ1v) is 2.52. The fourth-order valence-corrected chi connectivity index (χ4v) is 0.565. The Labute approximate surface area is 56.8 Å². The Hall–Kier alpha value is -0.980. The third-order valence-electron chi connectivity index (χ3n) is 1.03. The molecule has 0 unspecified atom stereocenters.